The predicted octanol–water partition coefficient (Wildman–Crippen LogP) is 3.95. The van der Waals surface area contributed by atoms with Gasteiger partial charge in [0.05, 0.1) is 18.3 Å². The number of carbonyl (C=O) groups excluding carboxylic acids is 2. The second-order valence-electron chi connectivity index (χ2n) is 6.43. The molecule has 9 heteroatoms. The van der Waals surface area contributed by atoms with Gasteiger partial charge in [0.25, 0.3) is 0 Å². The van der Waals surface area contributed by atoms with Crippen LogP contribution in [0.25, 0.3) is 0 Å². The van der Waals surface area contributed by atoms with Gasteiger partial charge >= 0.3 is 11.8 Å². The van der Waals surface area contributed by atoms with Crippen LogP contribution in [0.5, 0.6) is 11.5 Å². The van der Waals surface area contributed by atoms with Crippen LogP contribution in [0.3, 0.4) is 0 Å². The van der Waals surface area contributed by atoms with E-state index in [9.17, 15) is 9.59 Å². The van der Waals surface area contributed by atoms with E-state index in [1.165, 1.54) is 13.3 Å². The van der Waals surface area contributed by atoms with E-state index in [4.69, 9.17) is 32.7 Å². The molecule has 0 bridgehead atoms. The predicted molar refractivity (Wildman–Crippen MR) is 117 cm³/mol. The number of nitrogens with zero attached hydrogens (tertiary/aromatic N) is 1. The molecule has 2 N–H and O–H groups in total. The minimum atomic E-state index is -0.854. The van der Waals surface area contributed by atoms with Gasteiger partial charge in [0, 0.05) is 11.1 Å². The smallest absolute Gasteiger partial charge is 0.329 e. The van der Waals surface area contributed by atoms with Crippen LogP contribution in [-0.2, 0) is 16.2 Å². The highest BCUT2D eigenvalue weighted by Crippen LogP contribution is 2.36. The summed E-state index contributed by atoms with van der Waals surface area (Å²) in [4.78, 5) is 23.5. The number of hydrazone groups is 1. The molecule has 0 spiro atoms. The first-order valence-corrected chi connectivity index (χ1v) is 9.98. The lowest BCUT2D eigenvalue weighted by atomic mass is 10.2. The highest BCUT2D eigenvalue weighted by molar-refractivity contribution is 6.35. The van der Waals surface area contributed by atoms with Gasteiger partial charge in [0.15, 0.2) is 11.5 Å². The Morgan fingerprint density at radius 2 is 1.87 bits per heavy atom. The minimum absolute atomic E-state index is 0.101. The minimum Gasteiger partial charge on any atom is -0.493 e. The zero-order valence-corrected chi connectivity index (χ0v) is 18.4. The molecule has 0 saturated heterocycles. The zero-order valence-electron chi connectivity index (χ0n) is 16.9. The van der Waals surface area contributed by atoms with E-state index in [0.29, 0.717) is 33.5 Å². The summed E-state index contributed by atoms with van der Waals surface area (Å²) < 4.78 is 11.1. The van der Waals surface area contributed by atoms with Gasteiger partial charge in [-0.25, -0.2) is 5.43 Å². The molecule has 160 valence electrons. The summed E-state index contributed by atoms with van der Waals surface area (Å²) in [6.45, 7) is 3.99. The quantitative estimate of drug-likeness (QED) is 0.361. The number of nitrogens with one attached hydrogen (secondary N) is 2. The van der Waals surface area contributed by atoms with Gasteiger partial charge in [-0.05, 0) is 48.7 Å². The van der Waals surface area contributed by atoms with Crippen LogP contribution in [0.2, 0.25) is 10.0 Å². The van der Waals surface area contributed by atoms with Crippen LogP contribution < -0.4 is 20.2 Å². The average molecular weight is 452 g/mol. The van der Waals surface area contributed by atoms with E-state index in [2.05, 4.69) is 15.8 Å². The number of halogens is 2. The second kappa shape index (κ2) is 11.4. The molecule has 0 radical (unpaired) electrons. The van der Waals surface area contributed by atoms with Crippen LogP contribution in [0.1, 0.15) is 31.4 Å². The zero-order chi connectivity index (χ0) is 22.1. The summed E-state index contributed by atoms with van der Waals surface area (Å²) in [5, 5.41) is 7.30. The summed E-state index contributed by atoms with van der Waals surface area (Å²) in [6, 6.07) is 10.4. The van der Waals surface area contributed by atoms with E-state index < -0.39 is 11.8 Å². The van der Waals surface area contributed by atoms with Crippen LogP contribution >= 0.6 is 23.2 Å². The van der Waals surface area contributed by atoms with Crippen LogP contribution in [-0.4, -0.2) is 31.2 Å². The fourth-order valence-corrected chi connectivity index (χ4v) is 2.70. The van der Waals surface area contributed by atoms with Crippen molar-refractivity contribution in [3.05, 3.63) is 57.6 Å². The van der Waals surface area contributed by atoms with Gasteiger partial charge in [0.2, 0.25) is 0 Å². The van der Waals surface area contributed by atoms with Gasteiger partial charge < -0.3 is 14.8 Å². The lowest BCUT2D eigenvalue weighted by Crippen LogP contribution is -2.41. The molecule has 1 atom stereocenters. The van der Waals surface area contributed by atoms with Crippen LogP contribution in [0.4, 0.5) is 0 Å². The Morgan fingerprint density at radius 3 is 2.50 bits per heavy atom. The van der Waals surface area contributed by atoms with E-state index in [1.54, 1.807) is 31.2 Å². The maximum atomic E-state index is 11.8. The van der Waals surface area contributed by atoms with Gasteiger partial charge in [-0.1, -0.05) is 42.3 Å². The third-order valence-electron chi connectivity index (χ3n) is 4.12. The molecular weight excluding hydrogens is 429 g/mol. The SMILES string of the molecule is CC[C@H](C)NC(=O)C(=O)N/N=C\c1cc(Cl)c(OCc2ccc(Cl)cc2)c(OC)c1. The van der Waals surface area contributed by atoms with E-state index in [1.807, 2.05) is 19.1 Å². The van der Waals surface area contributed by atoms with Crippen molar-refractivity contribution in [3.8, 4) is 11.5 Å². The Hall–Kier alpha value is -2.77. The fraction of sp³-hybridized carbons (Fsp3) is 0.286. The fourth-order valence-electron chi connectivity index (χ4n) is 2.30. The molecule has 0 aliphatic heterocycles. The summed E-state index contributed by atoms with van der Waals surface area (Å²) >= 11 is 12.2. The number of methoxy groups -OCH3 is 1. The molecule has 0 aliphatic rings. The third-order valence-corrected chi connectivity index (χ3v) is 4.66. The van der Waals surface area contributed by atoms with Crippen molar-refractivity contribution < 1.29 is 19.1 Å². The Balaban J connectivity index is 2.03. The van der Waals surface area contributed by atoms with Crippen LogP contribution in [0.15, 0.2) is 41.5 Å². The molecule has 0 fully saturated rings. The Morgan fingerprint density at radius 1 is 1.17 bits per heavy atom. The molecule has 30 heavy (non-hydrogen) atoms. The monoisotopic (exact) mass is 451 g/mol. The van der Waals surface area contributed by atoms with Crippen molar-refractivity contribution in [2.75, 3.05) is 7.11 Å². The molecule has 7 nitrogen and oxygen atoms in total. The van der Waals surface area contributed by atoms with Crippen molar-refractivity contribution in [3.63, 3.8) is 0 Å². The highest BCUT2D eigenvalue weighted by Gasteiger charge is 2.15. The molecule has 2 aromatic carbocycles. The van der Waals surface area contributed by atoms with E-state index in [0.717, 1.165) is 5.56 Å². The van der Waals surface area contributed by atoms with E-state index >= 15 is 0 Å². The largest absolute Gasteiger partial charge is 0.493 e. The summed E-state index contributed by atoms with van der Waals surface area (Å²) in [5.74, 6) is -0.822. The van der Waals surface area contributed by atoms with Gasteiger partial charge in [-0.15, -0.1) is 0 Å². The summed E-state index contributed by atoms with van der Waals surface area (Å²) in [7, 11) is 1.49. The first kappa shape index (κ1) is 23.5. The van der Waals surface area contributed by atoms with Crippen molar-refractivity contribution in [2.24, 2.45) is 5.10 Å². The normalized spacial score (nSPS) is 11.8. The standard InChI is InChI=1S/C21H23Cl2N3O4/c1-4-13(2)25-20(27)21(28)26-24-11-15-9-17(23)19(18(10-15)29-3)30-12-14-5-7-16(22)8-6-14/h5-11,13H,4,12H2,1-3H3,(H,25,27)(H,26,28)/b24-11-/t13-/m0/s1. The van der Waals surface area contributed by atoms with Crippen molar-refractivity contribution >= 4 is 41.2 Å². The highest BCUT2D eigenvalue weighted by atomic mass is 35.5. The summed E-state index contributed by atoms with van der Waals surface area (Å²) in [5.41, 5.74) is 3.65. The number of ether oxygens (including phenoxy) is 2. The molecular formula is C21H23Cl2N3O4. The van der Waals surface area contributed by atoms with Crippen LogP contribution in [0, 0.1) is 0 Å². The number of benzene rings is 2. The van der Waals surface area contributed by atoms with Crippen molar-refractivity contribution in [2.45, 2.75) is 32.9 Å². The molecule has 0 aliphatic carbocycles. The van der Waals surface area contributed by atoms with Gasteiger partial charge in [0.1, 0.15) is 6.61 Å². The molecule has 0 heterocycles. The van der Waals surface area contributed by atoms with Crippen molar-refractivity contribution in [1.82, 2.24) is 10.7 Å². The Labute approximate surface area is 185 Å². The maximum absolute atomic E-state index is 11.8. The van der Waals surface area contributed by atoms with Crippen molar-refractivity contribution in [1.29, 1.82) is 0 Å². The van der Waals surface area contributed by atoms with E-state index in [-0.39, 0.29) is 12.6 Å². The topological polar surface area (TPSA) is 89.0 Å². The Bertz CT molecular complexity index is 917. The molecule has 2 aromatic rings. The molecule has 0 saturated carbocycles. The average Bonchev–Trinajstić information content (AvgIpc) is 2.73. The first-order chi connectivity index (χ1) is 14.3. The molecule has 0 aromatic heterocycles. The number of hydrogen-bond donors (Lipinski definition) is 2. The molecule has 2 rings (SSSR count). The first-order valence-electron chi connectivity index (χ1n) is 9.22. The number of amides is 2. The second-order valence-corrected chi connectivity index (χ2v) is 7.27. The third kappa shape index (κ3) is 6.93. The van der Waals surface area contributed by atoms with Gasteiger partial charge in [-0.3, -0.25) is 9.59 Å². The van der Waals surface area contributed by atoms with Gasteiger partial charge in [-0.2, -0.15) is 5.10 Å². The lowest BCUT2D eigenvalue weighted by Gasteiger charge is -2.13. The number of hydrogen-bond acceptors (Lipinski definition) is 5. The summed E-state index contributed by atoms with van der Waals surface area (Å²) in [6.07, 6.45) is 2.07. The molecule has 2 amide bonds. The number of rotatable bonds is 8. The molecule has 0 unspecified atom stereocenters. The number of carbonyl (C=O) groups is 2. The lowest BCUT2D eigenvalue weighted by molar-refractivity contribution is -0.139. The Kier molecular flexibility index (Phi) is 8.95. The maximum Gasteiger partial charge on any atom is 0.329 e.